The number of halogens is 3. The highest BCUT2D eigenvalue weighted by molar-refractivity contribution is 5.73. The number of aryl methyl sites for hydroxylation is 3. The van der Waals surface area contributed by atoms with Gasteiger partial charge in [-0.3, -0.25) is 5.10 Å². The molecule has 0 unspecified atom stereocenters. The van der Waals surface area contributed by atoms with Crippen LogP contribution in [0.3, 0.4) is 0 Å². The van der Waals surface area contributed by atoms with Gasteiger partial charge in [0.25, 0.3) is 0 Å². The number of alkyl halides is 3. The molecule has 0 amide bonds. The molecule has 0 aliphatic heterocycles. The van der Waals surface area contributed by atoms with Crippen molar-refractivity contribution in [2.75, 3.05) is 5.32 Å². The predicted molar refractivity (Wildman–Crippen MR) is 88.6 cm³/mol. The van der Waals surface area contributed by atoms with Gasteiger partial charge >= 0.3 is 6.18 Å². The number of nitrogens with zero attached hydrogens (tertiary/aromatic N) is 3. The highest BCUT2D eigenvalue weighted by Gasteiger charge is 2.32. The first-order valence-electron chi connectivity index (χ1n) is 7.55. The molecule has 2 N–H and O–H groups in total. The van der Waals surface area contributed by atoms with E-state index in [0.717, 1.165) is 40.3 Å². The van der Waals surface area contributed by atoms with Crippen molar-refractivity contribution in [1.29, 1.82) is 0 Å². The van der Waals surface area contributed by atoms with E-state index in [1.807, 2.05) is 39.0 Å². The van der Waals surface area contributed by atoms with Gasteiger partial charge in [0.2, 0.25) is 5.95 Å². The van der Waals surface area contributed by atoms with Crippen LogP contribution in [0.2, 0.25) is 0 Å². The Morgan fingerprint density at radius 1 is 1.08 bits per heavy atom. The first-order valence-corrected chi connectivity index (χ1v) is 7.55. The number of nitrogens with one attached hydrogen (secondary N) is 2. The lowest BCUT2D eigenvalue weighted by atomic mass is 10.0. The Morgan fingerprint density at radius 2 is 1.84 bits per heavy atom. The molecule has 8 heteroatoms. The molecule has 0 radical (unpaired) electrons. The minimum absolute atomic E-state index is 0.105. The highest BCUT2D eigenvalue weighted by atomic mass is 19.4. The minimum atomic E-state index is -4.51. The zero-order valence-electron chi connectivity index (χ0n) is 13.9. The van der Waals surface area contributed by atoms with E-state index in [1.54, 1.807) is 0 Å². The molecule has 2 aromatic heterocycles. The molecular weight excluding hydrogens is 331 g/mol. The van der Waals surface area contributed by atoms with Crippen molar-refractivity contribution < 1.29 is 13.2 Å². The predicted octanol–water partition coefficient (Wildman–Crippen LogP) is 4.55. The molecular formula is C17H16F3N5. The van der Waals surface area contributed by atoms with E-state index in [0.29, 0.717) is 5.69 Å². The zero-order valence-corrected chi connectivity index (χ0v) is 13.9. The number of rotatable bonds is 3. The van der Waals surface area contributed by atoms with Crippen LogP contribution < -0.4 is 5.32 Å². The third-order valence-corrected chi connectivity index (χ3v) is 3.70. The fourth-order valence-electron chi connectivity index (χ4n) is 2.68. The topological polar surface area (TPSA) is 66.5 Å². The highest BCUT2D eigenvalue weighted by Crippen LogP contribution is 2.31. The molecule has 130 valence electrons. The largest absolute Gasteiger partial charge is 0.433 e. The summed E-state index contributed by atoms with van der Waals surface area (Å²) in [5.41, 5.74) is 4.23. The summed E-state index contributed by atoms with van der Waals surface area (Å²) in [6, 6.07) is 6.48. The Balaban J connectivity index is 1.97. The molecule has 0 fully saturated rings. The number of H-pyrrole nitrogens is 1. The van der Waals surface area contributed by atoms with Crippen molar-refractivity contribution in [2.45, 2.75) is 26.9 Å². The molecule has 0 atom stereocenters. The second-order valence-corrected chi connectivity index (χ2v) is 5.78. The second kappa shape index (κ2) is 6.19. The van der Waals surface area contributed by atoms with Crippen molar-refractivity contribution >= 4 is 11.6 Å². The Labute approximate surface area is 142 Å². The molecule has 0 aliphatic rings. The molecule has 25 heavy (non-hydrogen) atoms. The lowest BCUT2D eigenvalue weighted by Gasteiger charge is -2.11. The van der Waals surface area contributed by atoms with Gasteiger partial charge in [-0.1, -0.05) is 6.07 Å². The number of hydrogen-bond acceptors (Lipinski definition) is 4. The van der Waals surface area contributed by atoms with Crippen molar-refractivity contribution in [1.82, 2.24) is 20.2 Å². The maximum Gasteiger partial charge on any atom is 0.433 e. The third kappa shape index (κ3) is 3.62. The molecule has 0 spiro atoms. The van der Waals surface area contributed by atoms with Gasteiger partial charge in [-0.05, 0) is 50.1 Å². The van der Waals surface area contributed by atoms with E-state index in [2.05, 4.69) is 25.5 Å². The lowest BCUT2D eigenvalue weighted by molar-refractivity contribution is -0.141. The summed E-state index contributed by atoms with van der Waals surface area (Å²) in [5.74, 6) is -0.105. The molecule has 3 rings (SSSR count). The standard InChI is InChI=1S/C17H16F3N5/c1-9-6-12(15-10(2)24-25-11(15)3)8-13(7-9)22-16-21-5-4-14(23-16)17(18,19)20/h4-8H,1-3H3,(H,24,25)(H,21,22,23). The maximum absolute atomic E-state index is 12.8. The fraction of sp³-hybridized carbons (Fsp3) is 0.235. The summed E-state index contributed by atoms with van der Waals surface area (Å²) in [7, 11) is 0. The van der Waals surface area contributed by atoms with E-state index >= 15 is 0 Å². The van der Waals surface area contributed by atoms with Crippen LogP contribution in [0.1, 0.15) is 22.6 Å². The number of hydrogen-bond donors (Lipinski definition) is 2. The molecule has 3 aromatic rings. The monoisotopic (exact) mass is 347 g/mol. The van der Waals surface area contributed by atoms with Gasteiger partial charge in [-0.25, -0.2) is 9.97 Å². The van der Waals surface area contributed by atoms with Gasteiger partial charge in [-0.15, -0.1) is 0 Å². The van der Waals surface area contributed by atoms with Crippen LogP contribution in [-0.2, 0) is 6.18 Å². The molecule has 2 heterocycles. The SMILES string of the molecule is Cc1cc(Nc2nccc(C(F)(F)F)n2)cc(-c2c(C)n[nH]c2C)c1. The van der Waals surface area contributed by atoms with Gasteiger partial charge in [0.05, 0.1) is 5.69 Å². The first kappa shape index (κ1) is 16.9. The van der Waals surface area contributed by atoms with E-state index in [9.17, 15) is 13.2 Å². The van der Waals surface area contributed by atoms with Gasteiger partial charge in [0.1, 0.15) is 5.69 Å². The Kier molecular flexibility index (Phi) is 4.20. The Hall–Kier alpha value is -2.90. The number of aromatic nitrogens is 4. The molecule has 0 aliphatic carbocycles. The maximum atomic E-state index is 12.8. The van der Waals surface area contributed by atoms with Crippen LogP contribution in [0.25, 0.3) is 11.1 Å². The zero-order chi connectivity index (χ0) is 18.2. The van der Waals surface area contributed by atoms with Crippen molar-refractivity contribution in [3.8, 4) is 11.1 Å². The Bertz CT molecular complexity index is 895. The van der Waals surface area contributed by atoms with E-state index < -0.39 is 11.9 Å². The average molecular weight is 347 g/mol. The molecule has 1 aromatic carbocycles. The fourth-order valence-corrected chi connectivity index (χ4v) is 2.68. The quantitative estimate of drug-likeness (QED) is 0.729. The van der Waals surface area contributed by atoms with Crippen LogP contribution in [0.15, 0.2) is 30.5 Å². The summed E-state index contributed by atoms with van der Waals surface area (Å²) in [6.45, 7) is 5.72. The van der Waals surface area contributed by atoms with Gasteiger partial charge in [-0.2, -0.15) is 18.3 Å². The van der Waals surface area contributed by atoms with Crippen LogP contribution >= 0.6 is 0 Å². The first-order chi connectivity index (χ1) is 11.7. The lowest BCUT2D eigenvalue weighted by Crippen LogP contribution is -2.10. The van der Waals surface area contributed by atoms with Gasteiger partial charge in [0, 0.05) is 23.1 Å². The van der Waals surface area contributed by atoms with Gasteiger partial charge in [0.15, 0.2) is 0 Å². The van der Waals surface area contributed by atoms with Crippen LogP contribution in [-0.4, -0.2) is 20.2 Å². The van der Waals surface area contributed by atoms with E-state index in [4.69, 9.17) is 0 Å². The molecule has 5 nitrogen and oxygen atoms in total. The van der Waals surface area contributed by atoms with Crippen molar-refractivity contribution in [2.24, 2.45) is 0 Å². The average Bonchev–Trinajstić information content (AvgIpc) is 2.85. The summed E-state index contributed by atoms with van der Waals surface area (Å²) in [5, 5.41) is 9.95. The molecule has 0 saturated heterocycles. The van der Waals surface area contributed by atoms with Crippen LogP contribution in [0.4, 0.5) is 24.8 Å². The van der Waals surface area contributed by atoms with Crippen molar-refractivity contribution in [3.05, 3.63) is 53.1 Å². The number of aromatic amines is 1. The summed E-state index contributed by atoms with van der Waals surface area (Å²) < 4.78 is 38.3. The number of anilines is 2. The van der Waals surface area contributed by atoms with E-state index in [-0.39, 0.29) is 5.95 Å². The van der Waals surface area contributed by atoms with Gasteiger partial charge < -0.3 is 5.32 Å². The van der Waals surface area contributed by atoms with E-state index in [1.165, 1.54) is 0 Å². The summed E-state index contributed by atoms with van der Waals surface area (Å²) in [4.78, 5) is 7.40. The summed E-state index contributed by atoms with van der Waals surface area (Å²) >= 11 is 0. The third-order valence-electron chi connectivity index (χ3n) is 3.70. The molecule has 0 saturated carbocycles. The van der Waals surface area contributed by atoms with Crippen LogP contribution in [0.5, 0.6) is 0 Å². The minimum Gasteiger partial charge on any atom is -0.324 e. The smallest absolute Gasteiger partial charge is 0.324 e. The second-order valence-electron chi connectivity index (χ2n) is 5.78. The van der Waals surface area contributed by atoms with Crippen molar-refractivity contribution in [3.63, 3.8) is 0 Å². The number of benzene rings is 1. The summed E-state index contributed by atoms with van der Waals surface area (Å²) in [6.07, 6.45) is -3.43. The normalized spacial score (nSPS) is 11.6. The Morgan fingerprint density at radius 3 is 2.48 bits per heavy atom. The molecule has 0 bridgehead atoms. The van der Waals surface area contributed by atoms with Crippen LogP contribution in [0, 0.1) is 20.8 Å².